The summed E-state index contributed by atoms with van der Waals surface area (Å²) >= 11 is 0. The SMILES string of the molecule is OCCn1c(Cc2ccc(F)cc2)nc2cc3c(cc21)OCO3. The van der Waals surface area contributed by atoms with Gasteiger partial charge in [0.15, 0.2) is 11.5 Å². The summed E-state index contributed by atoms with van der Waals surface area (Å²) in [6, 6.07) is 10.1. The van der Waals surface area contributed by atoms with Crippen LogP contribution in [0.15, 0.2) is 36.4 Å². The number of hydrogen-bond acceptors (Lipinski definition) is 4. The molecule has 3 aromatic rings. The summed E-state index contributed by atoms with van der Waals surface area (Å²) in [7, 11) is 0. The third kappa shape index (κ3) is 2.51. The minimum Gasteiger partial charge on any atom is -0.454 e. The van der Waals surface area contributed by atoms with Gasteiger partial charge in [0.25, 0.3) is 0 Å². The second-order valence-corrected chi connectivity index (χ2v) is 5.40. The Bertz CT molecular complexity index is 858. The molecule has 2 aromatic carbocycles. The van der Waals surface area contributed by atoms with E-state index in [9.17, 15) is 9.50 Å². The minimum atomic E-state index is -0.261. The molecule has 0 spiro atoms. The second-order valence-electron chi connectivity index (χ2n) is 5.40. The Morgan fingerprint density at radius 3 is 2.61 bits per heavy atom. The van der Waals surface area contributed by atoms with E-state index in [4.69, 9.17) is 9.47 Å². The molecule has 0 unspecified atom stereocenters. The first-order chi connectivity index (χ1) is 11.2. The van der Waals surface area contributed by atoms with Crippen LogP contribution in [0, 0.1) is 5.82 Å². The van der Waals surface area contributed by atoms with Gasteiger partial charge in [-0.2, -0.15) is 0 Å². The van der Waals surface area contributed by atoms with Crippen LogP contribution in [0.2, 0.25) is 0 Å². The van der Waals surface area contributed by atoms with Crippen LogP contribution in [0.25, 0.3) is 11.0 Å². The summed E-state index contributed by atoms with van der Waals surface area (Å²) in [6.07, 6.45) is 0.557. The van der Waals surface area contributed by atoms with E-state index in [-0.39, 0.29) is 19.2 Å². The maximum Gasteiger partial charge on any atom is 0.231 e. The van der Waals surface area contributed by atoms with E-state index in [0.717, 1.165) is 22.4 Å². The summed E-state index contributed by atoms with van der Waals surface area (Å²) in [5, 5.41) is 9.36. The topological polar surface area (TPSA) is 56.5 Å². The number of halogens is 1. The van der Waals surface area contributed by atoms with E-state index in [2.05, 4.69) is 4.98 Å². The Morgan fingerprint density at radius 2 is 1.87 bits per heavy atom. The monoisotopic (exact) mass is 314 g/mol. The van der Waals surface area contributed by atoms with Crippen LogP contribution in [-0.2, 0) is 13.0 Å². The van der Waals surface area contributed by atoms with Crippen LogP contribution >= 0.6 is 0 Å². The molecular formula is C17H15FN2O3. The molecule has 1 aliphatic heterocycles. The summed E-state index contributed by atoms with van der Waals surface area (Å²) in [5.74, 6) is 1.91. The fraction of sp³-hybridized carbons (Fsp3) is 0.235. The number of ether oxygens (including phenoxy) is 2. The highest BCUT2D eigenvalue weighted by molar-refractivity contribution is 5.81. The first-order valence-electron chi connectivity index (χ1n) is 7.38. The van der Waals surface area contributed by atoms with Crippen molar-refractivity contribution in [3.63, 3.8) is 0 Å². The molecule has 1 aromatic heterocycles. The normalized spacial score (nSPS) is 13.0. The molecular weight excluding hydrogens is 299 g/mol. The Balaban J connectivity index is 1.78. The van der Waals surface area contributed by atoms with Gasteiger partial charge >= 0.3 is 0 Å². The van der Waals surface area contributed by atoms with Crippen molar-refractivity contribution in [2.24, 2.45) is 0 Å². The molecule has 23 heavy (non-hydrogen) atoms. The van der Waals surface area contributed by atoms with Crippen molar-refractivity contribution in [1.29, 1.82) is 0 Å². The Labute approximate surface area is 131 Å². The highest BCUT2D eigenvalue weighted by Crippen LogP contribution is 2.36. The third-order valence-corrected chi connectivity index (χ3v) is 3.92. The largest absolute Gasteiger partial charge is 0.454 e. The number of benzene rings is 2. The van der Waals surface area contributed by atoms with Crippen molar-refractivity contribution < 1.29 is 19.0 Å². The fourth-order valence-corrected chi connectivity index (χ4v) is 2.83. The van der Waals surface area contributed by atoms with Crippen molar-refractivity contribution in [1.82, 2.24) is 9.55 Å². The fourth-order valence-electron chi connectivity index (χ4n) is 2.83. The molecule has 2 heterocycles. The van der Waals surface area contributed by atoms with Crippen molar-refractivity contribution in [3.05, 3.63) is 53.6 Å². The lowest BCUT2D eigenvalue weighted by Crippen LogP contribution is -2.07. The molecule has 1 aliphatic rings. The van der Waals surface area contributed by atoms with Crippen molar-refractivity contribution in [2.45, 2.75) is 13.0 Å². The molecule has 0 radical (unpaired) electrons. The van der Waals surface area contributed by atoms with Gasteiger partial charge in [0, 0.05) is 25.1 Å². The number of nitrogens with zero attached hydrogens (tertiary/aromatic N) is 2. The zero-order valence-corrected chi connectivity index (χ0v) is 12.3. The Morgan fingerprint density at radius 1 is 1.13 bits per heavy atom. The van der Waals surface area contributed by atoms with Crippen LogP contribution in [0.3, 0.4) is 0 Å². The predicted octanol–water partition coefficient (Wildman–Crippen LogP) is 2.49. The maximum atomic E-state index is 13.0. The molecule has 0 amide bonds. The minimum absolute atomic E-state index is 0.0102. The molecule has 0 aliphatic carbocycles. The third-order valence-electron chi connectivity index (χ3n) is 3.92. The Hall–Kier alpha value is -2.60. The molecule has 6 heteroatoms. The average Bonchev–Trinajstić information content (AvgIpc) is 3.12. The van der Waals surface area contributed by atoms with Gasteiger partial charge in [-0.3, -0.25) is 0 Å². The lowest BCUT2D eigenvalue weighted by atomic mass is 10.1. The molecule has 0 saturated heterocycles. The first-order valence-corrected chi connectivity index (χ1v) is 7.38. The zero-order valence-electron chi connectivity index (χ0n) is 12.3. The highest BCUT2D eigenvalue weighted by Gasteiger charge is 2.19. The summed E-state index contributed by atoms with van der Waals surface area (Å²) in [6.45, 7) is 0.660. The van der Waals surface area contributed by atoms with Crippen molar-refractivity contribution >= 4 is 11.0 Å². The van der Waals surface area contributed by atoms with E-state index in [0.29, 0.717) is 24.5 Å². The van der Waals surface area contributed by atoms with Gasteiger partial charge < -0.3 is 19.1 Å². The van der Waals surface area contributed by atoms with E-state index in [1.54, 1.807) is 12.1 Å². The van der Waals surface area contributed by atoms with Gasteiger partial charge in [-0.05, 0) is 17.7 Å². The molecule has 4 rings (SSSR count). The Kier molecular flexibility index (Phi) is 3.38. The molecule has 0 saturated carbocycles. The summed E-state index contributed by atoms with van der Waals surface area (Å²) in [4.78, 5) is 4.65. The van der Waals surface area contributed by atoms with Crippen molar-refractivity contribution in [2.75, 3.05) is 13.4 Å². The standard InChI is InChI=1S/C17H15FN2O3/c18-12-3-1-11(2-4-12)7-17-19-13-8-15-16(23-10-22-15)9-14(13)20(17)5-6-21/h1-4,8-9,21H,5-7,10H2. The molecule has 0 atom stereocenters. The number of aliphatic hydroxyl groups is 1. The van der Waals surface area contributed by atoms with E-state index in [1.165, 1.54) is 12.1 Å². The van der Waals surface area contributed by atoms with Gasteiger partial charge in [-0.25, -0.2) is 9.37 Å². The quantitative estimate of drug-likeness (QED) is 0.804. The van der Waals surface area contributed by atoms with Gasteiger partial charge in [0.2, 0.25) is 6.79 Å². The molecule has 5 nitrogen and oxygen atoms in total. The van der Waals surface area contributed by atoms with Crippen LogP contribution in [0.5, 0.6) is 11.5 Å². The van der Waals surface area contributed by atoms with Gasteiger partial charge in [-0.1, -0.05) is 12.1 Å². The molecule has 0 bridgehead atoms. The molecule has 0 fully saturated rings. The average molecular weight is 314 g/mol. The predicted molar refractivity (Wildman–Crippen MR) is 82.1 cm³/mol. The van der Waals surface area contributed by atoms with Gasteiger partial charge in [0.1, 0.15) is 11.6 Å². The zero-order chi connectivity index (χ0) is 15.8. The number of imidazole rings is 1. The number of aliphatic hydroxyl groups excluding tert-OH is 1. The first kappa shape index (κ1) is 14.0. The van der Waals surface area contributed by atoms with E-state index >= 15 is 0 Å². The van der Waals surface area contributed by atoms with Gasteiger partial charge in [-0.15, -0.1) is 0 Å². The smallest absolute Gasteiger partial charge is 0.231 e. The van der Waals surface area contributed by atoms with Crippen molar-refractivity contribution in [3.8, 4) is 11.5 Å². The van der Waals surface area contributed by atoms with Crippen LogP contribution in [0.4, 0.5) is 4.39 Å². The van der Waals surface area contributed by atoms with E-state index < -0.39 is 0 Å². The molecule has 1 N–H and O–H groups in total. The number of fused-ring (bicyclic) bond motifs is 2. The number of aromatic nitrogens is 2. The second kappa shape index (κ2) is 5.55. The molecule has 118 valence electrons. The highest BCUT2D eigenvalue weighted by atomic mass is 19.1. The van der Waals surface area contributed by atoms with Crippen LogP contribution in [-0.4, -0.2) is 28.1 Å². The van der Waals surface area contributed by atoms with Gasteiger partial charge in [0.05, 0.1) is 17.6 Å². The van der Waals surface area contributed by atoms with E-state index in [1.807, 2.05) is 16.7 Å². The number of rotatable bonds is 4. The summed E-state index contributed by atoms with van der Waals surface area (Å²) in [5.41, 5.74) is 2.64. The lowest BCUT2D eigenvalue weighted by Gasteiger charge is -2.08. The number of hydrogen-bond donors (Lipinski definition) is 1. The lowest BCUT2D eigenvalue weighted by molar-refractivity contribution is 0.174. The van der Waals surface area contributed by atoms with Crippen LogP contribution in [0.1, 0.15) is 11.4 Å². The summed E-state index contributed by atoms with van der Waals surface area (Å²) < 4.78 is 25.8. The maximum absolute atomic E-state index is 13.0. The van der Waals surface area contributed by atoms with Crippen LogP contribution < -0.4 is 9.47 Å².